The van der Waals surface area contributed by atoms with Crippen LogP contribution in [-0.2, 0) is 6.54 Å². The third-order valence-corrected chi connectivity index (χ3v) is 4.50. The Morgan fingerprint density at radius 1 is 1.40 bits per heavy atom. The lowest BCUT2D eigenvalue weighted by Gasteiger charge is -2.27. The van der Waals surface area contributed by atoms with Crippen LogP contribution >= 0.6 is 0 Å². The molecule has 0 aliphatic carbocycles. The number of anilines is 1. The van der Waals surface area contributed by atoms with E-state index < -0.39 is 0 Å². The quantitative estimate of drug-likeness (QED) is 0.340. The van der Waals surface area contributed by atoms with Crippen LogP contribution in [0.2, 0.25) is 0 Å². The Balaban J connectivity index is 1.99. The highest BCUT2D eigenvalue weighted by Crippen LogP contribution is 2.18. The van der Waals surface area contributed by atoms with Gasteiger partial charge in [0.25, 0.3) is 0 Å². The molecular formula is C20H33N5. The maximum Gasteiger partial charge on any atom is 0.193 e. The number of hydrogen-bond acceptors (Lipinski definition) is 3. The van der Waals surface area contributed by atoms with Gasteiger partial charge in [0.2, 0.25) is 0 Å². The summed E-state index contributed by atoms with van der Waals surface area (Å²) in [4.78, 5) is 13.9. The van der Waals surface area contributed by atoms with E-state index in [0.29, 0.717) is 6.54 Å². The maximum atomic E-state index is 4.81. The van der Waals surface area contributed by atoms with Crippen LogP contribution in [0, 0.1) is 0 Å². The van der Waals surface area contributed by atoms with Crippen molar-refractivity contribution in [3.63, 3.8) is 0 Å². The van der Waals surface area contributed by atoms with E-state index in [2.05, 4.69) is 52.8 Å². The van der Waals surface area contributed by atoms with Crippen LogP contribution in [0.1, 0.15) is 44.6 Å². The number of rotatable bonds is 8. The van der Waals surface area contributed by atoms with Gasteiger partial charge in [0.1, 0.15) is 5.82 Å². The summed E-state index contributed by atoms with van der Waals surface area (Å²) in [6.07, 6.45) is 9.89. The molecule has 0 radical (unpaired) electrons. The zero-order valence-corrected chi connectivity index (χ0v) is 15.9. The normalized spacial score (nSPS) is 15.1. The van der Waals surface area contributed by atoms with Crippen molar-refractivity contribution in [1.82, 2.24) is 15.2 Å². The first-order chi connectivity index (χ1) is 12.2. The summed E-state index contributed by atoms with van der Waals surface area (Å²) in [6.45, 7) is 10.7. The largest absolute Gasteiger partial charge is 0.357 e. The fourth-order valence-electron chi connectivity index (χ4n) is 3.07. The van der Waals surface area contributed by atoms with Crippen LogP contribution in [0.4, 0.5) is 5.82 Å². The molecule has 1 fully saturated rings. The van der Waals surface area contributed by atoms with Gasteiger partial charge in [0.15, 0.2) is 5.96 Å². The molecule has 1 aliphatic rings. The van der Waals surface area contributed by atoms with Gasteiger partial charge in [0.05, 0.1) is 6.54 Å². The molecule has 5 nitrogen and oxygen atoms in total. The van der Waals surface area contributed by atoms with Crippen molar-refractivity contribution in [3.8, 4) is 0 Å². The lowest BCUT2D eigenvalue weighted by Crippen LogP contribution is -2.39. The number of allylic oxidation sites excluding steroid dienone is 1. The van der Waals surface area contributed by atoms with E-state index in [-0.39, 0.29) is 0 Å². The monoisotopic (exact) mass is 343 g/mol. The van der Waals surface area contributed by atoms with Crippen LogP contribution < -0.4 is 10.2 Å². The molecule has 2 rings (SSSR count). The Labute approximate surface area is 152 Å². The first-order valence-electron chi connectivity index (χ1n) is 9.54. The summed E-state index contributed by atoms with van der Waals surface area (Å²) in [5.74, 6) is 2.06. The zero-order valence-electron chi connectivity index (χ0n) is 15.9. The van der Waals surface area contributed by atoms with Crippen molar-refractivity contribution < 1.29 is 0 Å². The second-order valence-electron chi connectivity index (χ2n) is 6.59. The van der Waals surface area contributed by atoms with Crippen molar-refractivity contribution in [2.24, 2.45) is 4.99 Å². The van der Waals surface area contributed by atoms with Crippen LogP contribution in [0.5, 0.6) is 0 Å². The molecule has 1 saturated heterocycles. The molecule has 5 heteroatoms. The summed E-state index contributed by atoms with van der Waals surface area (Å²) in [5, 5.41) is 3.38. The summed E-state index contributed by atoms with van der Waals surface area (Å²) >= 11 is 0. The molecule has 1 aromatic heterocycles. The number of aliphatic imine (C=N–C) groups is 1. The van der Waals surface area contributed by atoms with E-state index in [0.717, 1.165) is 50.8 Å². The fraction of sp³-hybridized carbons (Fsp3) is 0.600. The Morgan fingerprint density at radius 3 is 2.92 bits per heavy atom. The molecule has 138 valence electrons. The smallest absolute Gasteiger partial charge is 0.193 e. The third-order valence-electron chi connectivity index (χ3n) is 4.50. The SMILES string of the molecule is C=CCCCN(C)C(=NCc1ccnc(N2CCCCC2)c1)NCC. The molecule has 0 spiro atoms. The summed E-state index contributed by atoms with van der Waals surface area (Å²) in [7, 11) is 2.09. The van der Waals surface area contributed by atoms with E-state index in [9.17, 15) is 0 Å². The molecule has 0 aromatic carbocycles. The average Bonchev–Trinajstić information content (AvgIpc) is 2.66. The highest BCUT2D eigenvalue weighted by Gasteiger charge is 2.12. The Hall–Kier alpha value is -2.04. The summed E-state index contributed by atoms with van der Waals surface area (Å²) in [6, 6.07) is 4.26. The molecule has 1 aliphatic heterocycles. The molecule has 1 N–H and O–H groups in total. The van der Waals surface area contributed by atoms with Gasteiger partial charge in [-0.05, 0) is 56.7 Å². The van der Waals surface area contributed by atoms with E-state index in [1.54, 1.807) is 0 Å². The minimum atomic E-state index is 0.678. The molecule has 0 saturated carbocycles. The van der Waals surface area contributed by atoms with Crippen LogP contribution in [-0.4, -0.2) is 49.1 Å². The zero-order chi connectivity index (χ0) is 17.9. The van der Waals surface area contributed by atoms with Gasteiger partial charge < -0.3 is 15.1 Å². The standard InChI is InChI=1S/C20H33N5/c1-4-6-8-13-24(3)20(21-5-2)23-17-18-11-12-22-19(16-18)25-14-9-7-10-15-25/h4,11-12,16H,1,5-10,13-15,17H2,2-3H3,(H,21,23). The second-order valence-corrected chi connectivity index (χ2v) is 6.59. The number of unbranched alkanes of at least 4 members (excludes halogenated alkanes) is 1. The number of hydrogen-bond donors (Lipinski definition) is 1. The summed E-state index contributed by atoms with van der Waals surface area (Å²) in [5.41, 5.74) is 1.21. The topological polar surface area (TPSA) is 43.8 Å². The Morgan fingerprint density at radius 2 is 2.20 bits per heavy atom. The van der Waals surface area contributed by atoms with E-state index in [4.69, 9.17) is 4.99 Å². The predicted molar refractivity (Wildman–Crippen MR) is 107 cm³/mol. The minimum absolute atomic E-state index is 0.678. The van der Waals surface area contributed by atoms with Crippen LogP contribution in [0.25, 0.3) is 0 Å². The Bertz CT molecular complexity index is 549. The van der Waals surface area contributed by atoms with Crippen molar-refractivity contribution >= 4 is 11.8 Å². The van der Waals surface area contributed by atoms with Crippen molar-refractivity contribution in [2.45, 2.75) is 45.6 Å². The highest BCUT2D eigenvalue weighted by molar-refractivity contribution is 5.79. The van der Waals surface area contributed by atoms with Gasteiger partial charge >= 0.3 is 0 Å². The lowest BCUT2D eigenvalue weighted by molar-refractivity contribution is 0.470. The van der Waals surface area contributed by atoms with E-state index in [1.807, 2.05) is 12.3 Å². The first kappa shape index (κ1) is 19.3. The minimum Gasteiger partial charge on any atom is -0.357 e. The molecule has 0 atom stereocenters. The van der Waals surface area contributed by atoms with Crippen molar-refractivity contribution in [2.75, 3.05) is 38.1 Å². The van der Waals surface area contributed by atoms with Crippen LogP contribution in [0.15, 0.2) is 36.0 Å². The van der Waals surface area contributed by atoms with E-state index in [1.165, 1.54) is 24.8 Å². The van der Waals surface area contributed by atoms with Crippen molar-refractivity contribution in [1.29, 1.82) is 0 Å². The van der Waals surface area contributed by atoms with Crippen LogP contribution in [0.3, 0.4) is 0 Å². The Kier molecular flexibility index (Phi) is 8.29. The molecule has 1 aromatic rings. The number of nitrogens with zero attached hydrogens (tertiary/aromatic N) is 4. The number of guanidine groups is 1. The van der Waals surface area contributed by atoms with Gasteiger partial charge in [-0.3, -0.25) is 0 Å². The van der Waals surface area contributed by atoms with Gasteiger partial charge in [-0.15, -0.1) is 6.58 Å². The molecule has 0 amide bonds. The molecule has 25 heavy (non-hydrogen) atoms. The van der Waals surface area contributed by atoms with Crippen molar-refractivity contribution in [3.05, 3.63) is 36.5 Å². The number of piperidine rings is 1. The second kappa shape index (κ2) is 10.7. The van der Waals surface area contributed by atoms with Gasteiger partial charge in [-0.25, -0.2) is 9.98 Å². The molecular weight excluding hydrogens is 310 g/mol. The lowest BCUT2D eigenvalue weighted by atomic mass is 10.1. The average molecular weight is 344 g/mol. The maximum absolute atomic E-state index is 4.81. The fourth-order valence-corrected chi connectivity index (χ4v) is 3.07. The van der Waals surface area contributed by atoms with Gasteiger partial charge in [-0.1, -0.05) is 6.08 Å². The molecule has 0 unspecified atom stereocenters. The number of nitrogens with one attached hydrogen (secondary N) is 1. The van der Waals surface area contributed by atoms with Gasteiger partial charge in [-0.2, -0.15) is 0 Å². The van der Waals surface area contributed by atoms with E-state index >= 15 is 0 Å². The number of aromatic nitrogens is 1. The third kappa shape index (κ3) is 6.40. The first-order valence-corrected chi connectivity index (χ1v) is 9.54. The summed E-state index contributed by atoms with van der Waals surface area (Å²) < 4.78 is 0. The molecule has 2 heterocycles. The van der Waals surface area contributed by atoms with Gasteiger partial charge in [0, 0.05) is 39.4 Å². The highest BCUT2D eigenvalue weighted by atomic mass is 15.3. The number of pyridine rings is 1. The predicted octanol–water partition coefficient (Wildman–Crippen LogP) is 3.44. The molecule has 0 bridgehead atoms.